The van der Waals surface area contributed by atoms with E-state index >= 15 is 0 Å². The zero-order valence-electron chi connectivity index (χ0n) is 15.1. The number of rotatable bonds is 7. The average Bonchev–Trinajstić information content (AvgIpc) is 2.54. The van der Waals surface area contributed by atoms with Gasteiger partial charge in [-0.05, 0) is 38.0 Å². The fraction of sp³-hybridized carbons (Fsp3) is 0.667. The summed E-state index contributed by atoms with van der Waals surface area (Å²) in [6, 6.07) is 4.82. The fourth-order valence-electron chi connectivity index (χ4n) is 3.48. The lowest BCUT2D eigenvalue weighted by Gasteiger charge is -2.43. The van der Waals surface area contributed by atoms with E-state index in [0.29, 0.717) is 28.6 Å². The molecule has 0 amide bonds. The Bertz CT molecular complexity index is 539. The van der Waals surface area contributed by atoms with Crippen molar-refractivity contribution in [1.29, 1.82) is 0 Å². The number of halogens is 1. The van der Waals surface area contributed by atoms with E-state index in [0.717, 1.165) is 38.2 Å². The number of aliphatic hydroxyl groups is 1. The first kappa shape index (κ1) is 19.3. The molecule has 0 aromatic heterocycles. The Balaban J connectivity index is 2.10. The Morgan fingerprint density at radius 3 is 2.58 bits per heavy atom. The Morgan fingerprint density at radius 1 is 1.25 bits per heavy atom. The molecular weight excluding hydrogens is 328 g/mol. The van der Waals surface area contributed by atoms with Crippen LogP contribution in [0.15, 0.2) is 12.1 Å². The van der Waals surface area contributed by atoms with Crippen molar-refractivity contribution in [2.24, 2.45) is 0 Å². The maximum Gasteiger partial charge on any atom is 0.179 e. The molecule has 1 atom stereocenters. The summed E-state index contributed by atoms with van der Waals surface area (Å²) in [7, 11) is 3.21. The van der Waals surface area contributed by atoms with Gasteiger partial charge in [-0.3, -0.25) is 9.80 Å². The van der Waals surface area contributed by atoms with Crippen LogP contribution in [0.1, 0.15) is 25.8 Å². The van der Waals surface area contributed by atoms with Crippen molar-refractivity contribution < 1.29 is 14.6 Å². The Kier molecular flexibility index (Phi) is 7.16. The van der Waals surface area contributed by atoms with Crippen LogP contribution in [0.5, 0.6) is 11.5 Å². The number of methoxy groups -OCH3 is 2. The van der Waals surface area contributed by atoms with Crippen molar-refractivity contribution in [3.8, 4) is 11.5 Å². The molecule has 1 aliphatic rings. The largest absolute Gasteiger partial charge is 0.493 e. The van der Waals surface area contributed by atoms with Gasteiger partial charge in [-0.15, -0.1) is 0 Å². The summed E-state index contributed by atoms with van der Waals surface area (Å²) in [5.74, 6) is 1.23. The predicted octanol–water partition coefficient (Wildman–Crippen LogP) is 2.63. The Morgan fingerprint density at radius 2 is 2.00 bits per heavy atom. The second-order valence-corrected chi connectivity index (χ2v) is 6.95. The van der Waals surface area contributed by atoms with E-state index < -0.39 is 0 Å². The molecule has 1 N–H and O–H groups in total. The van der Waals surface area contributed by atoms with Crippen molar-refractivity contribution in [2.75, 3.05) is 40.5 Å². The molecular formula is C18H29ClN2O3. The highest BCUT2D eigenvalue weighted by molar-refractivity contribution is 6.32. The van der Waals surface area contributed by atoms with Crippen LogP contribution in [-0.4, -0.2) is 67.5 Å². The van der Waals surface area contributed by atoms with Gasteiger partial charge in [0, 0.05) is 44.9 Å². The van der Waals surface area contributed by atoms with Gasteiger partial charge < -0.3 is 14.6 Å². The molecule has 0 aliphatic carbocycles. The summed E-state index contributed by atoms with van der Waals surface area (Å²) in [6.07, 6.45) is 0.807. The van der Waals surface area contributed by atoms with Crippen LogP contribution in [-0.2, 0) is 6.54 Å². The highest BCUT2D eigenvalue weighted by atomic mass is 35.5. The van der Waals surface area contributed by atoms with Crippen molar-refractivity contribution >= 4 is 11.6 Å². The third kappa shape index (κ3) is 4.54. The zero-order chi connectivity index (χ0) is 17.7. The van der Waals surface area contributed by atoms with Gasteiger partial charge >= 0.3 is 0 Å². The van der Waals surface area contributed by atoms with Gasteiger partial charge in [-0.1, -0.05) is 11.6 Å². The smallest absolute Gasteiger partial charge is 0.179 e. The molecule has 0 radical (unpaired) electrons. The predicted molar refractivity (Wildman–Crippen MR) is 97.2 cm³/mol. The van der Waals surface area contributed by atoms with Gasteiger partial charge in [0.1, 0.15) is 0 Å². The fourth-order valence-corrected chi connectivity index (χ4v) is 3.79. The number of piperazine rings is 1. The minimum atomic E-state index is 0.226. The van der Waals surface area contributed by atoms with Crippen LogP contribution < -0.4 is 9.47 Å². The minimum Gasteiger partial charge on any atom is -0.493 e. The Hall–Kier alpha value is -1.01. The summed E-state index contributed by atoms with van der Waals surface area (Å²) in [5.41, 5.74) is 1.11. The normalized spacial score (nSPS) is 19.7. The molecule has 0 bridgehead atoms. The van der Waals surface area contributed by atoms with Crippen molar-refractivity contribution in [3.63, 3.8) is 0 Å². The molecule has 1 aromatic rings. The monoisotopic (exact) mass is 356 g/mol. The van der Waals surface area contributed by atoms with Crippen LogP contribution in [0.2, 0.25) is 5.02 Å². The summed E-state index contributed by atoms with van der Waals surface area (Å²) in [5, 5.41) is 9.93. The van der Waals surface area contributed by atoms with Gasteiger partial charge in [0.25, 0.3) is 0 Å². The molecule has 1 heterocycles. The molecule has 1 fully saturated rings. The van der Waals surface area contributed by atoms with E-state index in [4.69, 9.17) is 21.1 Å². The third-order valence-corrected chi connectivity index (χ3v) is 4.92. The SMILES string of the molecule is COc1cc(CN2CCN(C(C)C)C(CCO)C2)cc(Cl)c1OC. The lowest BCUT2D eigenvalue weighted by atomic mass is 10.1. The molecule has 136 valence electrons. The second-order valence-electron chi connectivity index (χ2n) is 6.55. The number of nitrogens with zero attached hydrogens (tertiary/aromatic N) is 2. The van der Waals surface area contributed by atoms with Gasteiger partial charge in [0.05, 0.1) is 19.2 Å². The highest BCUT2D eigenvalue weighted by Gasteiger charge is 2.28. The number of ether oxygens (including phenoxy) is 2. The maximum absolute atomic E-state index is 9.36. The molecule has 24 heavy (non-hydrogen) atoms. The average molecular weight is 357 g/mol. The molecule has 1 unspecified atom stereocenters. The van der Waals surface area contributed by atoms with E-state index in [9.17, 15) is 5.11 Å². The van der Waals surface area contributed by atoms with Gasteiger partial charge in [0.15, 0.2) is 11.5 Å². The molecule has 2 rings (SSSR count). The lowest BCUT2D eigenvalue weighted by molar-refractivity contribution is 0.0349. The molecule has 1 aliphatic heterocycles. The van der Waals surface area contributed by atoms with Gasteiger partial charge in [-0.2, -0.15) is 0 Å². The van der Waals surface area contributed by atoms with Crippen LogP contribution in [0.25, 0.3) is 0 Å². The number of benzene rings is 1. The number of aliphatic hydroxyl groups excluding tert-OH is 1. The maximum atomic E-state index is 9.36. The number of hydrogen-bond acceptors (Lipinski definition) is 5. The lowest BCUT2D eigenvalue weighted by Crippen LogP contribution is -2.55. The summed E-state index contributed by atoms with van der Waals surface area (Å²) < 4.78 is 10.7. The van der Waals surface area contributed by atoms with Crippen molar-refractivity contribution in [3.05, 3.63) is 22.7 Å². The first-order chi connectivity index (χ1) is 11.5. The van der Waals surface area contributed by atoms with Crippen molar-refractivity contribution in [1.82, 2.24) is 9.80 Å². The minimum absolute atomic E-state index is 0.226. The first-order valence-electron chi connectivity index (χ1n) is 8.49. The van der Waals surface area contributed by atoms with E-state index in [1.54, 1.807) is 14.2 Å². The zero-order valence-corrected chi connectivity index (χ0v) is 15.8. The molecule has 1 saturated heterocycles. The molecule has 0 saturated carbocycles. The van der Waals surface area contributed by atoms with E-state index in [2.05, 4.69) is 23.6 Å². The topological polar surface area (TPSA) is 45.2 Å². The van der Waals surface area contributed by atoms with Gasteiger partial charge in [-0.25, -0.2) is 0 Å². The van der Waals surface area contributed by atoms with Crippen molar-refractivity contribution in [2.45, 2.75) is 38.9 Å². The molecule has 0 spiro atoms. The van der Waals surface area contributed by atoms with E-state index in [1.165, 1.54) is 0 Å². The van der Waals surface area contributed by atoms with Crippen LogP contribution in [0.3, 0.4) is 0 Å². The van der Waals surface area contributed by atoms with Crippen LogP contribution in [0.4, 0.5) is 0 Å². The quantitative estimate of drug-likeness (QED) is 0.813. The van der Waals surface area contributed by atoms with Crippen LogP contribution in [0, 0.1) is 0 Å². The van der Waals surface area contributed by atoms with E-state index in [1.807, 2.05) is 12.1 Å². The molecule has 6 heteroatoms. The summed E-state index contributed by atoms with van der Waals surface area (Å²) >= 11 is 6.31. The van der Waals surface area contributed by atoms with Crippen LogP contribution >= 0.6 is 11.6 Å². The Labute approximate surface area is 150 Å². The summed E-state index contributed by atoms with van der Waals surface area (Å²) in [4.78, 5) is 4.89. The summed E-state index contributed by atoms with van der Waals surface area (Å²) in [6.45, 7) is 8.44. The first-order valence-corrected chi connectivity index (χ1v) is 8.87. The highest BCUT2D eigenvalue weighted by Crippen LogP contribution is 2.36. The second kappa shape index (κ2) is 8.90. The third-order valence-electron chi connectivity index (χ3n) is 4.64. The molecule has 5 nitrogen and oxygen atoms in total. The van der Waals surface area contributed by atoms with Gasteiger partial charge in [0.2, 0.25) is 0 Å². The molecule has 1 aromatic carbocycles. The van der Waals surface area contributed by atoms with E-state index in [-0.39, 0.29) is 6.61 Å². The number of hydrogen-bond donors (Lipinski definition) is 1. The standard InChI is InChI=1S/C18H29ClN2O3/c1-13(2)21-7-6-20(12-15(21)5-8-22)11-14-9-16(19)18(24-4)17(10-14)23-3/h9-10,13,15,22H,5-8,11-12H2,1-4H3.